The number of cyclic esters (lactones) is 4. The number of hydrogen-bond acceptors (Lipinski definition) is 6. The first-order valence-electron chi connectivity index (χ1n) is 6.05. The largest absolute Gasteiger partial charge is 0.393 e. The summed E-state index contributed by atoms with van der Waals surface area (Å²) in [6.45, 7) is 6.95. The molecule has 0 atom stereocenters. The van der Waals surface area contributed by atoms with E-state index in [4.69, 9.17) is 0 Å². The SMILES string of the molecule is CC1(C)CC(=O)OC1=O.CC1(C)CCC(=O)OC1=O. The zero-order valence-electron chi connectivity index (χ0n) is 11.6. The lowest BCUT2D eigenvalue weighted by Crippen LogP contribution is -2.34. The molecule has 0 saturated carbocycles. The Morgan fingerprint density at radius 3 is 1.53 bits per heavy atom. The molecule has 2 fully saturated rings. The van der Waals surface area contributed by atoms with E-state index in [2.05, 4.69) is 9.47 Å². The van der Waals surface area contributed by atoms with E-state index in [0.717, 1.165) is 0 Å². The molecule has 0 spiro atoms. The molecule has 0 aromatic heterocycles. The monoisotopic (exact) mass is 270 g/mol. The van der Waals surface area contributed by atoms with Crippen molar-refractivity contribution in [1.82, 2.24) is 0 Å². The van der Waals surface area contributed by atoms with Crippen LogP contribution in [0.1, 0.15) is 47.0 Å². The van der Waals surface area contributed by atoms with Crippen LogP contribution in [0.3, 0.4) is 0 Å². The summed E-state index contributed by atoms with van der Waals surface area (Å²) in [4.78, 5) is 42.5. The summed E-state index contributed by atoms with van der Waals surface area (Å²) in [6, 6.07) is 0. The summed E-state index contributed by atoms with van der Waals surface area (Å²) in [5.74, 6) is -1.62. The second-order valence-electron chi connectivity index (χ2n) is 5.97. The fourth-order valence-electron chi connectivity index (χ4n) is 1.52. The third-order valence-electron chi connectivity index (χ3n) is 3.06. The van der Waals surface area contributed by atoms with E-state index >= 15 is 0 Å². The Kier molecular flexibility index (Phi) is 4.12. The van der Waals surface area contributed by atoms with Gasteiger partial charge in [-0.2, -0.15) is 0 Å². The van der Waals surface area contributed by atoms with Crippen LogP contribution in [0, 0.1) is 10.8 Å². The van der Waals surface area contributed by atoms with Crippen LogP contribution < -0.4 is 0 Å². The van der Waals surface area contributed by atoms with Crippen molar-refractivity contribution in [1.29, 1.82) is 0 Å². The molecular formula is C13H18O6. The lowest BCUT2D eigenvalue weighted by molar-refractivity contribution is -0.172. The van der Waals surface area contributed by atoms with E-state index in [1.54, 1.807) is 27.7 Å². The standard InChI is InChI=1S/C7H10O3.C6H8O3/c1-7(2)4-3-5(8)10-6(7)9;1-6(2)3-4(7)9-5(6)8/h3-4H2,1-2H3;3H2,1-2H3. The van der Waals surface area contributed by atoms with Crippen molar-refractivity contribution in [2.45, 2.75) is 47.0 Å². The summed E-state index contributed by atoms with van der Waals surface area (Å²) in [5, 5.41) is 0. The normalized spacial score (nSPS) is 24.2. The van der Waals surface area contributed by atoms with Crippen molar-refractivity contribution in [2.24, 2.45) is 10.8 Å². The highest BCUT2D eigenvalue weighted by Gasteiger charge is 2.40. The van der Waals surface area contributed by atoms with Gasteiger partial charge in [0.25, 0.3) is 0 Å². The molecule has 0 radical (unpaired) electrons. The van der Waals surface area contributed by atoms with E-state index < -0.39 is 34.7 Å². The molecular weight excluding hydrogens is 252 g/mol. The second kappa shape index (κ2) is 5.11. The minimum atomic E-state index is -0.586. The summed E-state index contributed by atoms with van der Waals surface area (Å²) in [5.41, 5.74) is -1.05. The van der Waals surface area contributed by atoms with Crippen molar-refractivity contribution < 1.29 is 28.7 Å². The van der Waals surface area contributed by atoms with Crippen LogP contribution in [0.5, 0.6) is 0 Å². The molecule has 2 heterocycles. The van der Waals surface area contributed by atoms with E-state index in [1.807, 2.05) is 0 Å². The third-order valence-corrected chi connectivity index (χ3v) is 3.06. The quantitative estimate of drug-likeness (QED) is 0.488. The molecule has 19 heavy (non-hydrogen) atoms. The van der Waals surface area contributed by atoms with Crippen molar-refractivity contribution in [3.8, 4) is 0 Å². The van der Waals surface area contributed by atoms with Gasteiger partial charge >= 0.3 is 23.9 Å². The van der Waals surface area contributed by atoms with Gasteiger partial charge < -0.3 is 9.47 Å². The third kappa shape index (κ3) is 3.87. The van der Waals surface area contributed by atoms with Crippen molar-refractivity contribution in [3.63, 3.8) is 0 Å². The number of rotatable bonds is 0. The molecule has 0 amide bonds. The van der Waals surface area contributed by atoms with Crippen LogP contribution in [-0.4, -0.2) is 23.9 Å². The van der Waals surface area contributed by atoms with E-state index in [1.165, 1.54) is 0 Å². The Morgan fingerprint density at radius 2 is 1.26 bits per heavy atom. The van der Waals surface area contributed by atoms with Crippen LogP contribution in [-0.2, 0) is 28.7 Å². The molecule has 106 valence electrons. The van der Waals surface area contributed by atoms with Gasteiger partial charge in [-0.15, -0.1) is 0 Å². The molecule has 6 heteroatoms. The number of hydrogen-bond donors (Lipinski definition) is 0. The smallest absolute Gasteiger partial charge is 0.319 e. The summed E-state index contributed by atoms with van der Waals surface area (Å²) in [6.07, 6.45) is 1.18. The molecule has 2 aliphatic rings. The van der Waals surface area contributed by atoms with Crippen LogP contribution >= 0.6 is 0 Å². The fraction of sp³-hybridized carbons (Fsp3) is 0.692. The van der Waals surface area contributed by atoms with Gasteiger partial charge in [-0.1, -0.05) is 0 Å². The second-order valence-corrected chi connectivity index (χ2v) is 5.97. The zero-order valence-corrected chi connectivity index (χ0v) is 11.6. The van der Waals surface area contributed by atoms with Gasteiger partial charge in [0.2, 0.25) is 0 Å². The number of carbonyl (C=O) groups excluding carboxylic acids is 4. The molecule has 0 bridgehead atoms. The van der Waals surface area contributed by atoms with Crippen LogP contribution in [0.15, 0.2) is 0 Å². The van der Waals surface area contributed by atoms with E-state index in [9.17, 15) is 19.2 Å². The van der Waals surface area contributed by atoms with Gasteiger partial charge in [-0.05, 0) is 34.1 Å². The highest BCUT2D eigenvalue weighted by atomic mass is 16.6. The molecule has 2 saturated heterocycles. The number of esters is 4. The predicted molar refractivity (Wildman–Crippen MR) is 63.6 cm³/mol. The topological polar surface area (TPSA) is 86.7 Å². The average molecular weight is 270 g/mol. The minimum Gasteiger partial charge on any atom is -0.393 e. The van der Waals surface area contributed by atoms with Gasteiger partial charge in [-0.3, -0.25) is 19.2 Å². The Hall–Kier alpha value is -1.72. The maximum absolute atomic E-state index is 10.9. The molecule has 2 aliphatic heterocycles. The van der Waals surface area contributed by atoms with Gasteiger partial charge in [0.1, 0.15) is 0 Å². The lowest BCUT2D eigenvalue weighted by Gasteiger charge is -2.25. The Morgan fingerprint density at radius 1 is 0.789 bits per heavy atom. The first kappa shape index (κ1) is 15.3. The molecule has 0 aromatic carbocycles. The van der Waals surface area contributed by atoms with Gasteiger partial charge in [-0.25, -0.2) is 0 Å². The molecule has 0 aromatic rings. The molecule has 6 nitrogen and oxygen atoms in total. The Labute approximate surface area is 111 Å². The Bertz CT molecular complexity index is 432. The molecule has 2 rings (SSSR count). The molecule has 0 aliphatic carbocycles. The van der Waals surface area contributed by atoms with Crippen LogP contribution in [0.25, 0.3) is 0 Å². The molecule has 0 unspecified atom stereocenters. The van der Waals surface area contributed by atoms with Crippen LogP contribution in [0.4, 0.5) is 0 Å². The van der Waals surface area contributed by atoms with Gasteiger partial charge in [0.05, 0.1) is 17.3 Å². The maximum atomic E-state index is 10.9. The number of carbonyl (C=O) groups is 4. The van der Waals surface area contributed by atoms with Crippen molar-refractivity contribution in [2.75, 3.05) is 0 Å². The first-order valence-corrected chi connectivity index (χ1v) is 6.05. The molecule has 0 N–H and O–H groups in total. The van der Waals surface area contributed by atoms with Gasteiger partial charge in [0, 0.05) is 6.42 Å². The van der Waals surface area contributed by atoms with E-state index in [-0.39, 0.29) is 6.42 Å². The van der Waals surface area contributed by atoms with E-state index in [0.29, 0.717) is 12.8 Å². The highest BCUT2D eigenvalue weighted by molar-refractivity contribution is 5.96. The summed E-state index contributed by atoms with van der Waals surface area (Å²) in [7, 11) is 0. The average Bonchev–Trinajstić information content (AvgIpc) is 2.47. The lowest BCUT2D eigenvalue weighted by atomic mass is 9.86. The van der Waals surface area contributed by atoms with Crippen molar-refractivity contribution in [3.05, 3.63) is 0 Å². The minimum absolute atomic E-state index is 0.214. The maximum Gasteiger partial charge on any atom is 0.319 e. The fourth-order valence-corrected chi connectivity index (χ4v) is 1.52. The first-order chi connectivity index (χ1) is 8.54. The predicted octanol–water partition coefficient (Wildman–Crippen LogP) is 1.36. The van der Waals surface area contributed by atoms with Crippen molar-refractivity contribution >= 4 is 23.9 Å². The Balaban J connectivity index is 0.000000191. The summed E-state index contributed by atoms with van der Waals surface area (Å²) >= 11 is 0. The zero-order chi connectivity index (χ0) is 14.8. The number of ether oxygens (including phenoxy) is 2. The van der Waals surface area contributed by atoms with Gasteiger partial charge in [0.15, 0.2) is 0 Å². The van der Waals surface area contributed by atoms with Crippen LogP contribution in [0.2, 0.25) is 0 Å². The summed E-state index contributed by atoms with van der Waals surface area (Å²) < 4.78 is 8.72. The highest BCUT2D eigenvalue weighted by Crippen LogP contribution is 2.29.